The lowest BCUT2D eigenvalue weighted by Gasteiger charge is -2.41. The van der Waals surface area contributed by atoms with Crippen molar-refractivity contribution in [2.45, 2.75) is 24.9 Å². The lowest BCUT2D eigenvalue weighted by molar-refractivity contribution is -0.165. The number of esters is 1. The van der Waals surface area contributed by atoms with Crippen molar-refractivity contribution in [1.82, 2.24) is 0 Å². The zero-order valence-electron chi connectivity index (χ0n) is 9.41. The van der Waals surface area contributed by atoms with Crippen molar-refractivity contribution in [3.05, 3.63) is 41.4 Å². The molecule has 1 fully saturated rings. The Balaban J connectivity index is 2.31. The van der Waals surface area contributed by atoms with E-state index < -0.39 is 11.6 Å². The summed E-state index contributed by atoms with van der Waals surface area (Å²) in [5.41, 5.74) is 6.64. The molecule has 4 heteroatoms. The molecule has 0 aromatic heterocycles. The summed E-state index contributed by atoms with van der Waals surface area (Å²) in [7, 11) is 0. The minimum absolute atomic E-state index is 0.404. The van der Waals surface area contributed by atoms with E-state index in [0.717, 1.165) is 24.8 Å². The van der Waals surface area contributed by atoms with Gasteiger partial charge in [-0.2, -0.15) is 0 Å². The van der Waals surface area contributed by atoms with Gasteiger partial charge in [-0.1, -0.05) is 24.2 Å². The molecule has 0 spiro atoms. The first-order valence-corrected chi connectivity index (χ1v) is 5.86. The normalized spacial score (nSPS) is 17.0. The van der Waals surface area contributed by atoms with E-state index in [9.17, 15) is 4.79 Å². The maximum absolute atomic E-state index is 11.3. The molecule has 1 aliphatic rings. The molecule has 1 aliphatic carbocycles. The molecule has 1 saturated carbocycles. The zero-order valence-corrected chi connectivity index (χ0v) is 10.2. The Morgan fingerprint density at radius 1 is 1.53 bits per heavy atom. The van der Waals surface area contributed by atoms with Crippen molar-refractivity contribution in [3.8, 4) is 0 Å². The van der Waals surface area contributed by atoms with Crippen LogP contribution in [-0.2, 0) is 15.1 Å². The van der Waals surface area contributed by atoms with Crippen LogP contribution in [0.1, 0.15) is 24.8 Å². The van der Waals surface area contributed by atoms with E-state index in [2.05, 4.69) is 6.58 Å². The number of carbonyl (C=O) groups is 1. The second-order valence-corrected chi connectivity index (χ2v) is 4.62. The van der Waals surface area contributed by atoms with Crippen molar-refractivity contribution in [1.29, 1.82) is 0 Å². The summed E-state index contributed by atoms with van der Waals surface area (Å²) in [5, 5.41) is 0.512. The van der Waals surface area contributed by atoms with Gasteiger partial charge in [0.05, 0.1) is 10.7 Å². The fourth-order valence-corrected chi connectivity index (χ4v) is 2.13. The van der Waals surface area contributed by atoms with Gasteiger partial charge in [0.25, 0.3) is 0 Å². The van der Waals surface area contributed by atoms with E-state index in [0.29, 0.717) is 10.7 Å². The van der Waals surface area contributed by atoms with Gasteiger partial charge in [-0.3, -0.25) is 0 Å². The van der Waals surface area contributed by atoms with E-state index in [1.54, 1.807) is 12.1 Å². The number of hydrogen-bond donors (Lipinski definition) is 1. The SMILES string of the molecule is C=CC(=O)OC1(c2ccc(Cl)c(N)c2)CCC1. The maximum Gasteiger partial charge on any atom is 0.331 e. The van der Waals surface area contributed by atoms with E-state index in [1.165, 1.54) is 6.08 Å². The minimum Gasteiger partial charge on any atom is -0.451 e. The van der Waals surface area contributed by atoms with Gasteiger partial charge in [0.15, 0.2) is 0 Å². The average molecular weight is 252 g/mol. The van der Waals surface area contributed by atoms with Crippen molar-refractivity contribution < 1.29 is 9.53 Å². The molecule has 1 aromatic carbocycles. The Kier molecular flexibility index (Phi) is 3.11. The molecule has 0 amide bonds. The Morgan fingerprint density at radius 3 is 2.71 bits per heavy atom. The zero-order chi connectivity index (χ0) is 12.5. The summed E-state index contributed by atoms with van der Waals surface area (Å²) in [6.45, 7) is 3.41. The van der Waals surface area contributed by atoms with E-state index in [-0.39, 0.29) is 0 Å². The van der Waals surface area contributed by atoms with Gasteiger partial charge < -0.3 is 10.5 Å². The first-order valence-electron chi connectivity index (χ1n) is 5.48. The summed E-state index contributed by atoms with van der Waals surface area (Å²) in [6, 6.07) is 5.36. The van der Waals surface area contributed by atoms with Gasteiger partial charge in [0.1, 0.15) is 5.60 Å². The first-order chi connectivity index (χ1) is 8.07. The predicted octanol–water partition coefficient (Wildman–Crippen LogP) is 3.03. The van der Waals surface area contributed by atoms with Crippen LogP contribution in [0.25, 0.3) is 0 Å². The molecule has 2 N–H and O–H groups in total. The van der Waals surface area contributed by atoms with Crippen LogP contribution in [-0.4, -0.2) is 5.97 Å². The highest BCUT2D eigenvalue weighted by Crippen LogP contribution is 2.45. The number of nitrogen functional groups attached to an aromatic ring is 1. The predicted molar refractivity (Wildman–Crippen MR) is 67.7 cm³/mol. The Labute approximate surface area is 105 Å². The number of benzene rings is 1. The topological polar surface area (TPSA) is 52.3 Å². The molecule has 17 heavy (non-hydrogen) atoms. The van der Waals surface area contributed by atoms with Gasteiger partial charge in [-0.05, 0) is 37.0 Å². The van der Waals surface area contributed by atoms with Gasteiger partial charge in [-0.25, -0.2) is 4.79 Å². The van der Waals surface area contributed by atoms with Crippen LogP contribution < -0.4 is 5.73 Å². The smallest absolute Gasteiger partial charge is 0.331 e. The van der Waals surface area contributed by atoms with Gasteiger partial charge in [0, 0.05) is 6.08 Å². The van der Waals surface area contributed by atoms with Crippen molar-refractivity contribution in [2.24, 2.45) is 0 Å². The fourth-order valence-electron chi connectivity index (χ4n) is 2.01. The van der Waals surface area contributed by atoms with Crippen LogP contribution in [0.5, 0.6) is 0 Å². The number of carbonyl (C=O) groups excluding carboxylic acids is 1. The number of halogens is 1. The molecular weight excluding hydrogens is 238 g/mol. The third-order valence-corrected chi connectivity index (χ3v) is 3.49. The lowest BCUT2D eigenvalue weighted by Crippen LogP contribution is -2.38. The summed E-state index contributed by atoms with van der Waals surface area (Å²) < 4.78 is 5.45. The molecule has 0 radical (unpaired) electrons. The largest absolute Gasteiger partial charge is 0.451 e. The van der Waals surface area contributed by atoms with E-state index >= 15 is 0 Å². The van der Waals surface area contributed by atoms with E-state index in [1.807, 2.05) is 6.07 Å². The summed E-state index contributed by atoms with van der Waals surface area (Å²) >= 11 is 5.88. The maximum atomic E-state index is 11.3. The van der Waals surface area contributed by atoms with Crippen LogP contribution in [0.4, 0.5) is 5.69 Å². The summed E-state index contributed by atoms with van der Waals surface area (Å²) in [5.74, 6) is -0.404. The van der Waals surface area contributed by atoms with E-state index in [4.69, 9.17) is 22.1 Å². The molecule has 0 saturated heterocycles. The standard InChI is InChI=1S/C13H14ClNO2/c1-2-12(16)17-13(6-3-7-13)9-4-5-10(14)11(15)8-9/h2,4-5,8H,1,3,6-7,15H2. The van der Waals surface area contributed by atoms with Crippen molar-refractivity contribution >= 4 is 23.3 Å². The Bertz CT molecular complexity index is 466. The van der Waals surface area contributed by atoms with Crippen LogP contribution in [0, 0.1) is 0 Å². The first kappa shape index (κ1) is 12.0. The molecule has 2 rings (SSSR count). The van der Waals surface area contributed by atoms with Gasteiger partial charge in [0.2, 0.25) is 0 Å². The van der Waals surface area contributed by atoms with Crippen LogP contribution >= 0.6 is 11.6 Å². The average Bonchev–Trinajstić information content (AvgIpc) is 2.27. The van der Waals surface area contributed by atoms with Crippen molar-refractivity contribution in [3.63, 3.8) is 0 Å². The molecule has 0 unspecified atom stereocenters. The number of ether oxygens (including phenoxy) is 1. The molecule has 1 aromatic rings. The van der Waals surface area contributed by atoms with Crippen LogP contribution in [0.3, 0.4) is 0 Å². The van der Waals surface area contributed by atoms with Gasteiger partial charge in [-0.15, -0.1) is 0 Å². The van der Waals surface area contributed by atoms with Crippen LogP contribution in [0.2, 0.25) is 5.02 Å². The second-order valence-electron chi connectivity index (χ2n) is 4.21. The minimum atomic E-state index is -0.538. The lowest BCUT2D eigenvalue weighted by atomic mass is 9.74. The highest BCUT2D eigenvalue weighted by atomic mass is 35.5. The molecule has 0 heterocycles. The molecular formula is C13H14ClNO2. The van der Waals surface area contributed by atoms with Crippen LogP contribution in [0.15, 0.2) is 30.9 Å². The monoisotopic (exact) mass is 251 g/mol. The quantitative estimate of drug-likeness (QED) is 0.510. The Hall–Kier alpha value is -1.48. The molecule has 0 bridgehead atoms. The summed E-state index contributed by atoms with van der Waals surface area (Å²) in [6.07, 6.45) is 3.84. The number of rotatable bonds is 3. The van der Waals surface area contributed by atoms with Crippen molar-refractivity contribution in [2.75, 3.05) is 5.73 Å². The summed E-state index contributed by atoms with van der Waals surface area (Å²) in [4.78, 5) is 11.3. The highest BCUT2D eigenvalue weighted by Gasteiger charge is 2.42. The number of nitrogens with two attached hydrogens (primary N) is 1. The molecule has 0 aliphatic heterocycles. The Morgan fingerprint density at radius 2 is 2.24 bits per heavy atom. The third-order valence-electron chi connectivity index (χ3n) is 3.15. The highest BCUT2D eigenvalue weighted by molar-refractivity contribution is 6.33. The number of anilines is 1. The fraction of sp³-hybridized carbons (Fsp3) is 0.308. The third kappa shape index (κ3) is 2.15. The second kappa shape index (κ2) is 4.41. The van der Waals surface area contributed by atoms with Gasteiger partial charge >= 0.3 is 5.97 Å². The molecule has 0 atom stereocenters. The molecule has 3 nitrogen and oxygen atoms in total. The molecule has 90 valence electrons. The number of hydrogen-bond acceptors (Lipinski definition) is 3.